The summed E-state index contributed by atoms with van der Waals surface area (Å²) < 4.78 is 0. The number of hydrogen-bond acceptors (Lipinski definition) is 2. The van der Waals surface area contributed by atoms with Crippen LogP contribution in [0.25, 0.3) is 0 Å². The van der Waals surface area contributed by atoms with Gasteiger partial charge in [-0.15, -0.1) is 11.3 Å². The number of halogens is 1. The average molecular weight is 202 g/mol. The maximum Gasteiger partial charge on any atom is 0.0547 e. The van der Waals surface area contributed by atoms with Gasteiger partial charge in [0.2, 0.25) is 0 Å². The van der Waals surface area contributed by atoms with Gasteiger partial charge in [0, 0.05) is 4.88 Å². The van der Waals surface area contributed by atoms with Crippen molar-refractivity contribution >= 4 is 22.9 Å². The standard InChI is InChI=1S/C9H12ClNS/c10-8-3-4-12-9(8)7-2-1-6(7)5-11/h3-4,6-7H,1-2,5,11H2. The molecule has 12 heavy (non-hydrogen) atoms. The molecule has 0 radical (unpaired) electrons. The van der Waals surface area contributed by atoms with Crippen LogP contribution < -0.4 is 5.73 Å². The first-order valence-corrected chi connectivity index (χ1v) is 5.51. The van der Waals surface area contributed by atoms with Crippen molar-refractivity contribution in [1.82, 2.24) is 0 Å². The second-order valence-corrected chi connectivity index (χ2v) is 4.67. The Morgan fingerprint density at radius 2 is 2.42 bits per heavy atom. The van der Waals surface area contributed by atoms with Gasteiger partial charge in [-0.1, -0.05) is 11.6 Å². The van der Waals surface area contributed by atoms with Crippen LogP contribution in [0.5, 0.6) is 0 Å². The molecule has 3 heteroatoms. The van der Waals surface area contributed by atoms with E-state index >= 15 is 0 Å². The zero-order valence-corrected chi connectivity index (χ0v) is 8.37. The van der Waals surface area contributed by atoms with E-state index in [2.05, 4.69) is 5.38 Å². The van der Waals surface area contributed by atoms with E-state index in [1.807, 2.05) is 6.07 Å². The molecule has 1 aromatic rings. The minimum Gasteiger partial charge on any atom is -0.330 e. The summed E-state index contributed by atoms with van der Waals surface area (Å²) in [4.78, 5) is 1.35. The highest BCUT2D eigenvalue weighted by Crippen LogP contribution is 2.46. The van der Waals surface area contributed by atoms with Gasteiger partial charge >= 0.3 is 0 Å². The molecule has 0 aliphatic heterocycles. The van der Waals surface area contributed by atoms with Crippen molar-refractivity contribution in [3.8, 4) is 0 Å². The van der Waals surface area contributed by atoms with Gasteiger partial charge in [0.1, 0.15) is 0 Å². The van der Waals surface area contributed by atoms with Crippen LogP contribution in [0.3, 0.4) is 0 Å². The molecule has 1 nitrogen and oxygen atoms in total. The lowest BCUT2D eigenvalue weighted by Gasteiger charge is -2.35. The lowest BCUT2D eigenvalue weighted by molar-refractivity contribution is 0.267. The van der Waals surface area contributed by atoms with Gasteiger partial charge in [0.05, 0.1) is 5.02 Å². The van der Waals surface area contributed by atoms with E-state index in [1.54, 1.807) is 11.3 Å². The van der Waals surface area contributed by atoms with Crippen molar-refractivity contribution in [3.63, 3.8) is 0 Å². The van der Waals surface area contributed by atoms with Crippen LogP contribution in [0.2, 0.25) is 5.02 Å². The van der Waals surface area contributed by atoms with E-state index in [4.69, 9.17) is 17.3 Å². The molecule has 0 saturated heterocycles. The summed E-state index contributed by atoms with van der Waals surface area (Å²) in [5.74, 6) is 1.34. The van der Waals surface area contributed by atoms with Crippen LogP contribution in [0.4, 0.5) is 0 Å². The zero-order chi connectivity index (χ0) is 8.55. The van der Waals surface area contributed by atoms with Crippen LogP contribution in [0.15, 0.2) is 11.4 Å². The fraction of sp³-hybridized carbons (Fsp3) is 0.556. The summed E-state index contributed by atoms with van der Waals surface area (Å²) in [7, 11) is 0. The maximum absolute atomic E-state index is 6.04. The molecule has 0 aromatic carbocycles. The van der Waals surface area contributed by atoms with Crippen molar-refractivity contribution in [2.45, 2.75) is 18.8 Å². The average Bonchev–Trinajstić information content (AvgIpc) is 2.36. The summed E-state index contributed by atoms with van der Waals surface area (Å²) in [5.41, 5.74) is 5.64. The fourth-order valence-electron chi connectivity index (χ4n) is 1.77. The number of hydrogen-bond donors (Lipinski definition) is 1. The third-order valence-corrected chi connectivity index (χ3v) is 4.19. The smallest absolute Gasteiger partial charge is 0.0547 e. The molecular weight excluding hydrogens is 190 g/mol. The minimum absolute atomic E-state index is 0.655. The maximum atomic E-state index is 6.04. The van der Waals surface area contributed by atoms with Crippen molar-refractivity contribution in [1.29, 1.82) is 0 Å². The van der Waals surface area contributed by atoms with Gasteiger partial charge < -0.3 is 5.73 Å². The van der Waals surface area contributed by atoms with Crippen molar-refractivity contribution in [3.05, 3.63) is 21.3 Å². The Morgan fingerprint density at radius 3 is 2.83 bits per heavy atom. The highest BCUT2D eigenvalue weighted by Gasteiger charge is 2.32. The predicted octanol–water partition coefficient (Wildman–Crippen LogP) is 2.85. The first-order chi connectivity index (χ1) is 5.83. The van der Waals surface area contributed by atoms with Crippen LogP contribution >= 0.6 is 22.9 Å². The number of rotatable bonds is 2. The predicted molar refractivity (Wildman–Crippen MR) is 53.8 cm³/mol. The van der Waals surface area contributed by atoms with E-state index in [9.17, 15) is 0 Å². The van der Waals surface area contributed by atoms with Crippen molar-refractivity contribution < 1.29 is 0 Å². The van der Waals surface area contributed by atoms with Crippen LogP contribution in [0.1, 0.15) is 23.6 Å². The molecular formula is C9H12ClNS. The van der Waals surface area contributed by atoms with Gasteiger partial charge in [0.25, 0.3) is 0 Å². The molecule has 0 bridgehead atoms. The Hall–Kier alpha value is -0.0500. The van der Waals surface area contributed by atoms with Gasteiger partial charge in [-0.2, -0.15) is 0 Å². The quantitative estimate of drug-likeness (QED) is 0.783. The molecule has 66 valence electrons. The third-order valence-electron chi connectivity index (χ3n) is 2.70. The molecule has 2 N–H and O–H groups in total. The summed E-state index contributed by atoms with van der Waals surface area (Å²) in [6.45, 7) is 0.804. The minimum atomic E-state index is 0.655. The Balaban J connectivity index is 2.15. The first-order valence-electron chi connectivity index (χ1n) is 4.26. The van der Waals surface area contributed by atoms with Gasteiger partial charge in [-0.3, -0.25) is 0 Å². The Bertz CT molecular complexity index is 269. The van der Waals surface area contributed by atoms with Crippen molar-refractivity contribution in [2.24, 2.45) is 11.7 Å². The summed E-state index contributed by atoms with van der Waals surface area (Å²) in [6, 6.07) is 1.98. The molecule has 2 atom stereocenters. The molecule has 1 heterocycles. The van der Waals surface area contributed by atoms with Crippen molar-refractivity contribution in [2.75, 3.05) is 6.54 Å². The molecule has 1 fully saturated rings. The molecule has 0 amide bonds. The Kier molecular flexibility index (Phi) is 2.40. The van der Waals surface area contributed by atoms with E-state index < -0.39 is 0 Å². The van der Waals surface area contributed by atoms with E-state index in [0.29, 0.717) is 11.8 Å². The molecule has 1 aliphatic rings. The van der Waals surface area contributed by atoms with E-state index in [-0.39, 0.29) is 0 Å². The zero-order valence-electron chi connectivity index (χ0n) is 6.79. The molecule has 1 saturated carbocycles. The highest BCUT2D eigenvalue weighted by atomic mass is 35.5. The molecule has 0 spiro atoms. The third kappa shape index (κ3) is 1.28. The second-order valence-electron chi connectivity index (χ2n) is 3.31. The Labute approximate surface area is 81.5 Å². The van der Waals surface area contributed by atoms with Crippen LogP contribution in [-0.4, -0.2) is 6.54 Å². The lowest BCUT2D eigenvalue weighted by Crippen LogP contribution is -2.30. The molecule has 2 rings (SSSR count). The molecule has 1 aromatic heterocycles. The summed E-state index contributed by atoms with van der Waals surface area (Å²) in [6.07, 6.45) is 2.54. The van der Waals surface area contributed by atoms with Gasteiger partial charge in [-0.05, 0) is 42.7 Å². The van der Waals surface area contributed by atoms with E-state index in [1.165, 1.54) is 17.7 Å². The van der Waals surface area contributed by atoms with Crippen LogP contribution in [0, 0.1) is 5.92 Å². The number of thiophene rings is 1. The molecule has 1 aliphatic carbocycles. The SMILES string of the molecule is NCC1CCC1c1sccc1Cl. The van der Waals surface area contributed by atoms with E-state index in [0.717, 1.165) is 11.6 Å². The van der Waals surface area contributed by atoms with Gasteiger partial charge in [-0.25, -0.2) is 0 Å². The highest BCUT2D eigenvalue weighted by molar-refractivity contribution is 7.10. The molecule has 2 unspecified atom stereocenters. The largest absolute Gasteiger partial charge is 0.330 e. The van der Waals surface area contributed by atoms with Crippen LogP contribution in [-0.2, 0) is 0 Å². The lowest BCUT2D eigenvalue weighted by atomic mass is 9.73. The second kappa shape index (κ2) is 3.36. The number of nitrogens with two attached hydrogens (primary N) is 1. The normalized spacial score (nSPS) is 28.5. The fourth-order valence-corrected chi connectivity index (χ4v) is 3.19. The Morgan fingerprint density at radius 1 is 1.58 bits per heavy atom. The summed E-state index contributed by atoms with van der Waals surface area (Å²) >= 11 is 7.80. The van der Waals surface area contributed by atoms with Gasteiger partial charge in [0.15, 0.2) is 0 Å². The topological polar surface area (TPSA) is 26.0 Å². The first kappa shape index (κ1) is 8.54. The summed E-state index contributed by atoms with van der Waals surface area (Å²) in [5, 5.41) is 2.99. The monoisotopic (exact) mass is 201 g/mol.